The summed E-state index contributed by atoms with van der Waals surface area (Å²) in [6.07, 6.45) is 6.60. The van der Waals surface area contributed by atoms with Gasteiger partial charge in [-0.15, -0.1) is 0 Å². The molecule has 2 aromatic rings. The van der Waals surface area contributed by atoms with Crippen LogP contribution in [-0.2, 0) is 19.1 Å². The summed E-state index contributed by atoms with van der Waals surface area (Å²) in [6, 6.07) is 13.0. The molecule has 0 atom stereocenters. The maximum atomic E-state index is 12.7. The van der Waals surface area contributed by atoms with Gasteiger partial charge in [-0.2, -0.15) is 0 Å². The molecule has 0 aromatic heterocycles. The lowest BCUT2D eigenvalue weighted by Gasteiger charge is -2.25. The number of ether oxygens (including phenoxy) is 4. The van der Waals surface area contributed by atoms with Crippen LogP contribution in [0.3, 0.4) is 0 Å². The second kappa shape index (κ2) is 9.67. The average Bonchev–Trinajstić information content (AvgIpc) is 3.05. The van der Waals surface area contributed by atoms with Crippen molar-refractivity contribution in [1.82, 2.24) is 0 Å². The Morgan fingerprint density at radius 2 is 1.52 bits per heavy atom. The maximum absolute atomic E-state index is 12.7. The van der Waals surface area contributed by atoms with Crippen molar-refractivity contribution in [3.05, 3.63) is 78.2 Å². The predicted molar refractivity (Wildman–Crippen MR) is 117 cm³/mol. The highest BCUT2D eigenvalue weighted by Gasteiger charge is 2.28. The fraction of sp³-hybridized carbons (Fsp3) is 0.167. The second-order valence-electron chi connectivity index (χ2n) is 6.40. The molecule has 0 N–H and O–H groups in total. The Balaban J connectivity index is 2.23. The van der Waals surface area contributed by atoms with E-state index in [1.807, 2.05) is 42.5 Å². The summed E-state index contributed by atoms with van der Waals surface area (Å²) in [7, 11) is 5.67. The van der Waals surface area contributed by atoms with Crippen LogP contribution in [0, 0.1) is 0 Å². The number of carbonyl (C=O) groups excluding carboxylic acids is 2. The van der Waals surface area contributed by atoms with E-state index in [0.717, 1.165) is 11.1 Å². The maximum Gasteiger partial charge on any atom is 0.355 e. The molecule has 0 bridgehead atoms. The zero-order valence-electron chi connectivity index (χ0n) is 17.7. The van der Waals surface area contributed by atoms with Gasteiger partial charge in [-0.25, -0.2) is 9.59 Å². The molecule has 0 spiro atoms. The summed E-state index contributed by atoms with van der Waals surface area (Å²) in [5, 5.41) is 0. The fourth-order valence-corrected chi connectivity index (χ4v) is 3.28. The lowest BCUT2D eigenvalue weighted by atomic mass is 10.0. The van der Waals surface area contributed by atoms with Crippen LogP contribution in [0.4, 0.5) is 5.69 Å². The first-order valence-corrected chi connectivity index (χ1v) is 9.42. The van der Waals surface area contributed by atoms with E-state index in [1.54, 1.807) is 37.5 Å². The molecule has 1 heterocycles. The molecule has 0 saturated heterocycles. The Kier molecular flexibility index (Phi) is 6.77. The first-order valence-electron chi connectivity index (χ1n) is 9.42. The number of hydrogen-bond donors (Lipinski definition) is 0. The SMILES string of the molecule is COC(=O)C1=C(C(=O)OC)N(c2ccccc2-c2ccc(OC)c(OC)c2)C=CC=C1. The monoisotopic (exact) mass is 421 g/mol. The third-order valence-corrected chi connectivity index (χ3v) is 4.75. The van der Waals surface area contributed by atoms with Crippen LogP contribution in [0.25, 0.3) is 11.1 Å². The number of benzene rings is 2. The molecular weight excluding hydrogens is 398 g/mol. The van der Waals surface area contributed by atoms with Crippen LogP contribution in [-0.4, -0.2) is 40.4 Å². The predicted octanol–water partition coefficient (Wildman–Crippen LogP) is 3.86. The zero-order valence-corrected chi connectivity index (χ0v) is 17.7. The van der Waals surface area contributed by atoms with E-state index in [0.29, 0.717) is 17.2 Å². The van der Waals surface area contributed by atoms with Gasteiger partial charge in [0.25, 0.3) is 0 Å². The highest BCUT2D eigenvalue weighted by atomic mass is 16.5. The van der Waals surface area contributed by atoms with Crippen molar-refractivity contribution in [1.29, 1.82) is 0 Å². The van der Waals surface area contributed by atoms with E-state index in [-0.39, 0.29) is 11.3 Å². The normalized spacial score (nSPS) is 13.0. The van der Waals surface area contributed by atoms with Crippen LogP contribution in [0.15, 0.2) is 78.2 Å². The minimum absolute atomic E-state index is 0.0484. The first kappa shape index (κ1) is 21.7. The summed E-state index contributed by atoms with van der Waals surface area (Å²) in [4.78, 5) is 26.8. The van der Waals surface area contributed by atoms with Crippen molar-refractivity contribution < 1.29 is 28.5 Å². The highest BCUT2D eigenvalue weighted by molar-refractivity contribution is 6.06. The number of rotatable bonds is 6. The zero-order chi connectivity index (χ0) is 22.4. The molecule has 0 fully saturated rings. The van der Waals surface area contributed by atoms with Crippen LogP contribution in [0.1, 0.15) is 0 Å². The van der Waals surface area contributed by atoms with Crippen LogP contribution in [0.5, 0.6) is 11.5 Å². The molecule has 7 heteroatoms. The quantitative estimate of drug-likeness (QED) is 0.656. The Morgan fingerprint density at radius 3 is 2.19 bits per heavy atom. The van der Waals surface area contributed by atoms with Crippen molar-refractivity contribution in [2.45, 2.75) is 0 Å². The van der Waals surface area contributed by atoms with Crippen molar-refractivity contribution in [2.75, 3.05) is 33.3 Å². The van der Waals surface area contributed by atoms with Gasteiger partial charge in [0.05, 0.1) is 39.7 Å². The van der Waals surface area contributed by atoms with E-state index in [1.165, 1.54) is 20.3 Å². The smallest absolute Gasteiger partial charge is 0.355 e. The van der Waals surface area contributed by atoms with E-state index in [2.05, 4.69) is 0 Å². The van der Waals surface area contributed by atoms with E-state index in [4.69, 9.17) is 18.9 Å². The lowest BCUT2D eigenvalue weighted by molar-refractivity contribution is -0.139. The molecule has 1 aliphatic heterocycles. The summed E-state index contributed by atoms with van der Waals surface area (Å²) in [5.41, 5.74) is 2.44. The molecule has 0 aliphatic carbocycles. The van der Waals surface area contributed by atoms with Crippen molar-refractivity contribution in [3.63, 3.8) is 0 Å². The number of carbonyl (C=O) groups is 2. The Labute approximate surface area is 180 Å². The van der Waals surface area contributed by atoms with Crippen molar-refractivity contribution in [2.24, 2.45) is 0 Å². The number of anilines is 1. The number of allylic oxidation sites excluding steroid dienone is 2. The third kappa shape index (κ3) is 4.30. The second-order valence-corrected chi connectivity index (χ2v) is 6.40. The molecule has 0 unspecified atom stereocenters. The Bertz CT molecular complexity index is 1080. The van der Waals surface area contributed by atoms with Gasteiger partial charge in [-0.3, -0.25) is 0 Å². The minimum Gasteiger partial charge on any atom is -0.493 e. The third-order valence-electron chi connectivity index (χ3n) is 4.75. The summed E-state index contributed by atoms with van der Waals surface area (Å²) < 4.78 is 20.6. The van der Waals surface area contributed by atoms with Gasteiger partial charge in [0.2, 0.25) is 0 Å². The molecule has 0 radical (unpaired) electrons. The first-order chi connectivity index (χ1) is 15.0. The van der Waals surface area contributed by atoms with Crippen molar-refractivity contribution in [3.8, 4) is 22.6 Å². The summed E-state index contributed by atoms with van der Waals surface area (Å²) >= 11 is 0. The molecule has 3 rings (SSSR count). The molecule has 0 saturated carbocycles. The summed E-state index contributed by atoms with van der Waals surface area (Å²) in [5.74, 6) is -0.139. The molecule has 1 aliphatic rings. The number of para-hydroxylation sites is 1. The Morgan fingerprint density at radius 1 is 0.806 bits per heavy atom. The van der Waals surface area contributed by atoms with Gasteiger partial charge < -0.3 is 23.8 Å². The number of methoxy groups -OCH3 is 4. The van der Waals surface area contributed by atoms with E-state index < -0.39 is 11.9 Å². The molecule has 31 heavy (non-hydrogen) atoms. The fourth-order valence-electron chi connectivity index (χ4n) is 3.28. The van der Waals surface area contributed by atoms with Crippen molar-refractivity contribution >= 4 is 17.6 Å². The minimum atomic E-state index is -0.668. The van der Waals surface area contributed by atoms with E-state index in [9.17, 15) is 9.59 Å². The molecule has 0 amide bonds. The van der Waals surface area contributed by atoms with Crippen LogP contribution in [0.2, 0.25) is 0 Å². The topological polar surface area (TPSA) is 74.3 Å². The number of esters is 2. The van der Waals surface area contributed by atoms with Gasteiger partial charge in [0, 0.05) is 11.8 Å². The lowest BCUT2D eigenvalue weighted by Crippen LogP contribution is -2.27. The summed E-state index contributed by atoms with van der Waals surface area (Å²) in [6.45, 7) is 0. The van der Waals surface area contributed by atoms with Gasteiger partial charge in [0.15, 0.2) is 11.5 Å². The molecule has 7 nitrogen and oxygen atoms in total. The molecular formula is C24H23NO6. The molecule has 160 valence electrons. The van der Waals surface area contributed by atoms with E-state index >= 15 is 0 Å². The van der Waals surface area contributed by atoms with Gasteiger partial charge in [-0.05, 0) is 35.9 Å². The highest BCUT2D eigenvalue weighted by Crippen LogP contribution is 2.38. The molecule has 2 aromatic carbocycles. The average molecular weight is 421 g/mol. The number of nitrogens with zero attached hydrogens (tertiary/aromatic N) is 1. The largest absolute Gasteiger partial charge is 0.493 e. The standard InChI is InChI=1S/C24H23NO6/c1-28-20-13-12-16(15-21(20)29-2)17-9-5-6-11-19(17)25-14-8-7-10-18(23(26)30-3)22(25)24(27)31-4/h5-15H,1-4H3. The van der Waals surface area contributed by atoms with Gasteiger partial charge in [0.1, 0.15) is 5.70 Å². The Hall–Kier alpha value is -4.00. The van der Waals surface area contributed by atoms with Crippen LogP contribution >= 0.6 is 0 Å². The number of hydrogen-bond acceptors (Lipinski definition) is 7. The van der Waals surface area contributed by atoms with Gasteiger partial charge in [-0.1, -0.05) is 30.3 Å². The van der Waals surface area contributed by atoms with Gasteiger partial charge >= 0.3 is 11.9 Å². The van der Waals surface area contributed by atoms with Crippen LogP contribution < -0.4 is 14.4 Å².